The summed E-state index contributed by atoms with van der Waals surface area (Å²) in [5.41, 5.74) is 22.2. The highest BCUT2D eigenvalue weighted by atomic mass is 16.6. The van der Waals surface area contributed by atoms with Gasteiger partial charge < -0.3 is 32.8 Å². The number of ether oxygens (including phenoxy) is 1. The number of rotatable bonds is 1. The van der Waals surface area contributed by atoms with E-state index in [4.69, 9.17) is 27.7 Å². The molecule has 1 aliphatic rings. The van der Waals surface area contributed by atoms with Crippen molar-refractivity contribution in [2.75, 3.05) is 6.54 Å². The zero-order chi connectivity index (χ0) is 9.30. The van der Waals surface area contributed by atoms with Gasteiger partial charge in [-0.2, -0.15) is 0 Å². The molecule has 0 aromatic heterocycles. The number of hydrogen-bond donors (Lipinski definition) is 5. The molecule has 1 aliphatic heterocycles. The molecule has 1 heterocycles. The minimum absolute atomic E-state index is 0.235. The topological polar surface area (TPSA) is 134 Å². The molecule has 0 amide bonds. The average Bonchev–Trinajstić information content (AvgIpc) is 2.08. The largest absolute Gasteiger partial charge is 0.367 e. The summed E-state index contributed by atoms with van der Waals surface area (Å²) in [6.45, 7) is 0.235. The standard InChI is InChI=1S/C6H16N4O2/c7-1-2-3(8)4(9)5(10)6(11)12-2/h2-6,11H,1,7-10H2. The van der Waals surface area contributed by atoms with Gasteiger partial charge in [-0.3, -0.25) is 0 Å². The van der Waals surface area contributed by atoms with E-state index < -0.39 is 30.5 Å². The maximum Gasteiger partial charge on any atom is 0.171 e. The van der Waals surface area contributed by atoms with E-state index in [0.29, 0.717) is 0 Å². The summed E-state index contributed by atoms with van der Waals surface area (Å²) in [7, 11) is 0. The highest BCUT2D eigenvalue weighted by molar-refractivity contribution is 4.96. The second-order valence-corrected chi connectivity index (χ2v) is 3.03. The van der Waals surface area contributed by atoms with E-state index >= 15 is 0 Å². The fourth-order valence-corrected chi connectivity index (χ4v) is 1.27. The van der Waals surface area contributed by atoms with Gasteiger partial charge in [0.25, 0.3) is 0 Å². The quantitative estimate of drug-likeness (QED) is 0.283. The van der Waals surface area contributed by atoms with Crippen LogP contribution in [0.25, 0.3) is 0 Å². The van der Waals surface area contributed by atoms with Crippen LogP contribution >= 0.6 is 0 Å². The van der Waals surface area contributed by atoms with Crippen molar-refractivity contribution in [3.8, 4) is 0 Å². The van der Waals surface area contributed by atoms with Gasteiger partial charge >= 0.3 is 0 Å². The summed E-state index contributed by atoms with van der Waals surface area (Å²) < 4.78 is 5.03. The van der Waals surface area contributed by atoms with E-state index in [2.05, 4.69) is 0 Å². The first-order valence-electron chi connectivity index (χ1n) is 3.88. The van der Waals surface area contributed by atoms with Gasteiger partial charge in [-0.05, 0) is 0 Å². The van der Waals surface area contributed by atoms with Crippen LogP contribution in [0.4, 0.5) is 0 Å². The molecule has 5 atom stereocenters. The molecule has 0 radical (unpaired) electrons. The summed E-state index contributed by atoms with van der Waals surface area (Å²) >= 11 is 0. The van der Waals surface area contributed by atoms with Crippen LogP contribution in [0.5, 0.6) is 0 Å². The lowest BCUT2D eigenvalue weighted by atomic mass is 9.94. The number of aliphatic hydroxyl groups excluding tert-OH is 1. The monoisotopic (exact) mass is 176 g/mol. The van der Waals surface area contributed by atoms with E-state index in [1.54, 1.807) is 0 Å². The smallest absolute Gasteiger partial charge is 0.171 e. The maximum absolute atomic E-state index is 9.23. The molecule has 1 fully saturated rings. The molecule has 1 saturated heterocycles. The van der Waals surface area contributed by atoms with Crippen molar-refractivity contribution in [1.29, 1.82) is 0 Å². The molecule has 5 unspecified atom stereocenters. The lowest BCUT2D eigenvalue weighted by molar-refractivity contribution is -0.180. The molecule has 0 aliphatic carbocycles. The summed E-state index contributed by atoms with van der Waals surface area (Å²) in [5.74, 6) is 0. The first kappa shape index (κ1) is 9.85. The molecule has 9 N–H and O–H groups in total. The molecule has 6 nitrogen and oxygen atoms in total. The zero-order valence-electron chi connectivity index (χ0n) is 6.76. The van der Waals surface area contributed by atoms with Crippen LogP contribution in [0.15, 0.2) is 0 Å². The van der Waals surface area contributed by atoms with Crippen LogP contribution in [0.1, 0.15) is 0 Å². The lowest BCUT2D eigenvalue weighted by Gasteiger charge is -2.40. The van der Waals surface area contributed by atoms with Crippen LogP contribution in [-0.4, -0.2) is 42.2 Å². The van der Waals surface area contributed by atoms with Crippen molar-refractivity contribution >= 4 is 0 Å². The fraction of sp³-hybridized carbons (Fsp3) is 1.00. The minimum atomic E-state index is -1.06. The molecule has 12 heavy (non-hydrogen) atoms. The van der Waals surface area contributed by atoms with Crippen LogP contribution in [0.2, 0.25) is 0 Å². The van der Waals surface area contributed by atoms with Crippen molar-refractivity contribution in [2.24, 2.45) is 22.9 Å². The van der Waals surface area contributed by atoms with Crippen molar-refractivity contribution in [3.05, 3.63) is 0 Å². The molecular weight excluding hydrogens is 160 g/mol. The van der Waals surface area contributed by atoms with Crippen molar-refractivity contribution < 1.29 is 9.84 Å². The maximum atomic E-state index is 9.23. The number of aliphatic hydroxyl groups is 1. The molecular formula is C6H16N4O2. The van der Waals surface area contributed by atoms with E-state index in [1.165, 1.54) is 0 Å². The minimum Gasteiger partial charge on any atom is -0.367 e. The molecule has 0 aromatic rings. The third-order valence-corrected chi connectivity index (χ3v) is 2.19. The van der Waals surface area contributed by atoms with Gasteiger partial charge in [0.15, 0.2) is 6.29 Å². The molecule has 0 spiro atoms. The van der Waals surface area contributed by atoms with Gasteiger partial charge in [0.05, 0.1) is 12.1 Å². The number of nitrogens with two attached hydrogens (primary N) is 4. The Balaban J connectivity index is 2.63. The van der Waals surface area contributed by atoms with Crippen molar-refractivity contribution in [2.45, 2.75) is 30.5 Å². The Morgan fingerprint density at radius 1 is 1.08 bits per heavy atom. The second kappa shape index (κ2) is 3.65. The average molecular weight is 176 g/mol. The Labute approximate surface area is 70.8 Å². The predicted octanol–water partition coefficient (Wildman–Crippen LogP) is -3.36. The molecule has 0 saturated carbocycles. The first-order chi connectivity index (χ1) is 5.57. The Hall–Kier alpha value is -0.240. The van der Waals surface area contributed by atoms with Gasteiger partial charge in [-0.25, -0.2) is 0 Å². The van der Waals surface area contributed by atoms with Gasteiger partial charge in [0.2, 0.25) is 0 Å². The Kier molecular flexibility index (Phi) is 2.99. The molecule has 72 valence electrons. The van der Waals surface area contributed by atoms with E-state index in [-0.39, 0.29) is 6.54 Å². The van der Waals surface area contributed by atoms with Crippen molar-refractivity contribution in [3.63, 3.8) is 0 Å². The van der Waals surface area contributed by atoms with Gasteiger partial charge in [-0.1, -0.05) is 0 Å². The highest BCUT2D eigenvalue weighted by Gasteiger charge is 2.38. The van der Waals surface area contributed by atoms with Crippen LogP contribution in [0.3, 0.4) is 0 Å². The summed E-state index contributed by atoms with van der Waals surface area (Å²) in [6.07, 6.45) is -1.47. The van der Waals surface area contributed by atoms with Crippen LogP contribution < -0.4 is 22.9 Å². The van der Waals surface area contributed by atoms with Crippen LogP contribution in [-0.2, 0) is 4.74 Å². The van der Waals surface area contributed by atoms with E-state index in [0.717, 1.165) is 0 Å². The highest BCUT2D eigenvalue weighted by Crippen LogP contribution is 2.14. The first-order valence-corrected chi connectivity index (χ1v) is 3.88. The molecule has 1 rings (SSSR count). The third kappa shape index (κ3) is 1.58. The predicted molar refractivity (Wildman–Crippen MR) is 43.9 cm³/mol. The molecule has 0 aromatic carbocycles. The second-order valence-electron chi connectivity index (χ2n) is 3.03. The van der Waals surface area contributed by atoms with Gasteiger partial charge in [-0.15, -0.1) is 0 Å². The lowest BCUT2D eigenvalue weighted by Crippen LogP contribution is -2.68. The molecule has 0 bridgehead atoms. The Bertz CT molecular complexity index is 152. The Morgan fingerprint density at radius 3 is 2.17 bits per heavy atom. The zero-order valence-corrected chi connectivity index (χ0v) is 6.76. The number of hydrogen-bond acceptors (Lipinski definition) is 6. The fourth-order valence-electron chi connectivity index (χ4n) is 1.27. The van der Waals surface area contributed by atoms with Gasteiger partial charge in [0.1, 0.15) is 0 Å². The third-order valence-electron chi connectivity index (χ3n) is 2.19. The Morgan fingerprint density at radius 2 is 1.67 bits per heavy atom. The summed E-state index contributed by atoms with van der Waals surface area (Å²) in [5, 5.41) is 9.23. The van der Waals surface area contributed by atoms with Gasteiger partial charge in [0, 0.05) is 18.6 Å². The summed E-state index contributed by atoms with van der Waals surface area (Å²) in [6, 6.07) is -1.52. The van der Waals surface area contributed by atoms with Crippen LogP contribution in [0, 0.1) is 0 Å². The van der Waals surface area contributed by atoms with E-state index in [1.807, 2.05) is 0 Å². The SMILES string of the molecule is NCC1OC(O)C(N)C(N)C1N. The van der Waals surface area contributed by atoms with E-state index in [9.17, 15) is 5.11 Å². The molecule has 6 heteroatoms. The normalized spacial score (nSPS) is 49.2. The van der Waals surface area contributed by atoms with Crippen molar-refractivity contribution in [1.82, 2.24) is 0 Å². The summed E-state index contributed by atoms with van der Waals surface area (Å²) in [4.78, 5) is 0.